The molecule has 6 heteroatoms. The van der Waals surface area contributed by atoms with Gasteiger partial charge in [0.15, 0.2) is 5.96 Å². The van der Waals surface area contributed by atoms with E-state index in [1.807, 2.05) is 11.7 Å². The predicted octanol–water partition coefficient (Wildman–Crippen LogP) is 3.94. The van der Waals surface area contributed by atoms with Crippen LogP contribution in [0.1, 0.15) is 48.7 Å². The third kappa shape index (κ3) is 5.72. The summed E-state index contributed by atoms with van der Waals surface area (Å²) in [6.07, 6.45) is 2.20. The van der Waals surface area contributed by atoms with Crippen LogP contribution in [0, 0.1) is 19.8 Å². The number of nitrogens with one attached hydrogen (secondary N) is 2. The zero-order chi connectivity index (χ0) is 19.4. The molecule has 0 radical (unpaired) electrons. The molecule has 1 fully saturated rings. The number of halogens is 1. The maximum atomic E-state index is 4.86. The zero-order valence-corrected chi connectivity index (χ0v) is 20.0. The van der Waals surface area contributed by atoms with Crippen LogP contribution in [-0.2, 0) is 13.5 Å². The van der Waals surface area contributed by atoms with Crippen LogP contribution < -0.4 is 10.6 Å². The number of hydrogen-bond donors (Lipinski definition) is 2. The van der Waals surface area contributed by atoms with E-state index >= 15 is 0 Å². The van der Waals surface area contributed by atoms with Crippen LogP contribution in [0.4, 0.5) is 0 Å². The largest absolute Gasteiger partial charge is 0.357 e. The molecule has 3 unspecified atom stereocenters. The molecule has 3 atom stereocenters. The summed E-state index contributed by atoms with van der Waals surface area (Å²) < 4.78 is 1.97. The molecule has 2 N–H and O–H groups in total. The summed E-state index contributed by atoms with van der Waals surface area (Å²) in [5.41, 5.74) is 5.15. The fraction of sp³-hybridized carbons (Fsp3) is 0.545. The number of aryl methyl sites for hydroxylation is 2. The maximum Gasteiger partial charge on any atom is 0.191 e. The first-order chi connectivity index (χ1) is 13.0. The summed E-state index contributed by atoms with van der Waals surface area (Å²) >= 11 is 0. The monoisotopic (exact) mass is 495 g/mol. The minimum atomic E-state index is 0. The van der Waals surface area contributed by atoms with Crippen molar-refractivity contribution in [1.29, 1.82) is 0 Å². The number of rotatable bonds is 7. The fourth-order valence-corrected chi connectivity index (χ4v) is 3.79. The highest BCUT2D eigenvalue weighted by molar-refractivity contribution is 14.0. The van der Waals surface area contributed by atoms with Crippen LogP contribution in [0.5, 0.6) is 0 Å². The van der Waals surface area contributed by atoms with Crippen LogP contribution in [-0.4, -0.2) is 34.9 Å². The van der Waals surface area contributed by atoms with Gasteiger partial charge in [-0.1, -0.05) is 30.3 Å². The first kappa shape index (κ1) is 22.7. The van der Waals surface area contributed by atoms with Crippen molar-refractivity contribution in [1.82, 2.24) is 20.4 Å². The van der Waals surface area contributed by atoms with Crippen molar-refractivity contribution in [3.05, 3.63) is 52.8 Å². The Morgan fingerprint density at radius 1 is 1.29 bits per heavy atom. The lowest BCUT2D eigenvalue weighted by molar-refractivity contribution is 0.633. The summed E-state index contributed by atoms with van der Waals surface area (Å²) in [5.74, 6) is 2.26. The number of aromatic nitrogens is 2. The molecule has 2 aromatic rings. The van der Waals surface area contributed by atoms with E-state index in [0.29, 0.717) is 17.9 Å². The van der Waals surface area contributed by atoms with E-state index in [9.17, 15) is 0 Å². The van der Waals surface area contributed by atoms with E-state index < -0.39 is 0 Å². The molecular weight excluding hydrogens is 461 g/mol. The summed E-state index contributed by atoms with van der Waals surface area (Å²) in [6.45, 7) is 10.3. The van der Waals surface area contributed by atoms with Gasteiger partial charge in [0, 0.05) is 31.9 Å². The van der Waals surface area contributed by atoms with Crippen LogP contribution in [0.2, 0.25) is 0 Å². The van der Waals surface area contributed by atoms with Crippen molar-refractivity contribution >= 4 is 29.9 Å². The summed E-state index contributed by atoms with van der Waals surface area (Å²) in [5, 5.41) is 11.5. The molecule has 1 aliphatic rings. The van der Waals surface area contributed by atoms with Gasteiger partial charge in [0.2, 0.25) is 0 Å². The second kappa shape index (κ2) is 10.3. The summed E-state index contributed by atoms with van der Waals surface area (Å²) in [4.78, 5) is 4.86. The number of aliphatic imine (C=N–C) groups is 1. The van der Waals surface area contributed by atoms with E-state index in [-0.39, 0.29) is 24.0 Å². The van der Waals surface area contributed by atoms with Crippen LogP contribution in [0.15, 0.2) is 35.3 Å². The topological polar surface area (TPSA) is 54.2 Å². The van der Waals surface area contributed by atoms with Gasteiger partial charge < -0.3 is 10.6 Å². The van der Waals surface area contributed by atoms with E-state index in [2.05, 4.69) is 73.8 Å². The Kier molecular flexibility index (Phi) is 8.34. The van der Waals surface area contributed by atoms with Gasteiger partial charge in [0.1, 0.15) is 0 Å². The van der Waals surface area contributed by atoms with Gasteiger partial charge in [-0.05, 0) is 63.5 Å². The second-order valence-electron chi connectivity index (χ2n) is 7.76. The highest BCUT2D eigenvalue weighted by Crippen LogP contribution is 2.47. The van der Waals surface area contributed by atoms with Gasteiger partial charge in [-0.15, -0.1) is 24.0 Å². The predicted molar refractivity (Wildman–Crippen MR) is 128 cm³/mol. The van der Waals surface area contributed by atoms with Crippen molar-refractivity contribution in [2.45, 2.75) is 52.5 Å². The molecule has 0 spiro atoms. The van der Waals surface area contributed by atoms with E-state index in [1.165, 1.54) is 23.2 Å². The van der Waals surface area contributed by atoms with E-state index in [4.69, 9.17) is 4.99 Å². The Bertz CT molecular complexity index is 784. The molecule has 0 saturated heterocycles. The Balaban J connectivity index is 0.00000280. The van der Waals surface area contributed by atoms with Crippen LogP contribution >= 0.6 is 24.0 Å². The minimum Gasteiger partial charge on any atom is -0.357 e. The lowest BCUT2D eigenvalue weighted by Crippen LogP contribution is -2.43. The Labute approximate surface area is 186 Å². The first-order valence-electron chi connectivity index (χ1n) is 10.1. The number of hydrogen-bond acceptors (Lipinski definition) is 2. The molecule has 1 aromatic heterocycles. The quantitative estimate of drug-likeness (QED) is 0.348. The van der Waals surface area contributed by atoms with E-state index in [1.54, 1.807) is 0 Å². The minimum absolute atomic E-state index is 0. The molecule has 1 aliphatic carbocycles. The Morgan fingerprint density at radius 3 is 2.61 bits per heavy atom. The smallest absolute Gasteiger partial charge is 0.191 e. The van der Waals surface area contributed by atoms with Crippen LogP contribution in [0.25, 0.3) is 0 Å². The standard InChI is InChI=1S/C22H33N5.HI/c1-6-23-22(24-14-19-13-21(19)18-10-8-7-9-11-18)25-15(2)12-20-16(3)26-27(5)17(20)4;/h7-11,15,19,21H,6,12-14H2,1-5H3,(H2,23,24,25);1H. The van der Waals surface area contributed by atoms with Gasteiger partial charge in [0.25, 0.3) is 0 Å². The van der Waals surface area contributed by atoms with Crippen molar-refractivity contribution in [3.8, 4) is 0 Å². The Hall–Kier alpha value is -1.57. The SMILES string of the molecule is CCNC(=NCC1CC1c1ccccc1)NC(C)Cc1c(C)nn(C)c1C.I. The first-order valence-corrected chi connectivity index (χ1v) is 10.1. The summed E-state index contributed by atoms with van der Waals surface area (Å²) in [6, 6.07) is 11.1. The molecule has 154 valence electrons. The molecular formula is C22H34IN5. The lowest BCUT2D eigenvalue weighted by atomic mass is 10.1. The van der Waals surface area contributed by atoms with Gasteiger partial charge in [-0.2, -0.15) is 5.10 Å². The molecule has 5 nitrogen and oxygen atoms in total. The number of nitrogens with zero attached hydrogens (tertiary/aromatic N) is 3. The highest BCUT2D eigenvalue weighted by atomic mass is 127. The van der Waals surface area contributed by atoms with Crippen molar-refractivity contribution in [2.24, 2.45) is 18.0 Å². The van der Waals surface area contributed by atoms with Gasteiger partial charge in [-0.3, -0.25) is 9.67 Å². The van der Waals surface area contributed by atoms with Crippen molar-refractivity contribution in [2.75, 3.05) is 13.1 Å². The van der Waals surface area contributed by atoms with Crippen molar-refractivity contribution in [3.63, 3.8) is 0 Å². The fourth-order valence-electron chi connectivity index (χ4n) is 3.79. The average molecular weight is 495 g/mol. The van der Waals surface area contributed by atoms with Gasteiger partial charge in [-0.25, -0.2) is 0 Å². The third-order valence-corrected chi connectivity index (χ3v) is 5.53. The molecule has 1 aromatic carbocycles. The summed E-state index contributed by atoms with van der Waals surface area (Å²) in [7, 11) is 2.01. The van der Waals surface area contributed by atoms with Crippen molar-refractivity contribution < 1.29 is 0 Å². The maximum absolute atomic E-state index is 4.86. The molecule has 0 aliphatic heterocycles. The second-order valence-corrected chi connectivity index (χ2v) is 7.76. The number of benzene rings is 1. The highest BCUT2D eigenvalue weighted by Gasteiger charge is 2.37. The number of guanidine groups is 1. The van der Waals surface area contributed by atoms with E-state index in [0.717, 1.165) is 31.2 Å². The average Bonchev–Trinajstić information content (AvgIpc) is 3.39. The molecule has 0 amide bonds. The van der Waals surface area contributed by atoms with Gasteiger partial charge in [0.05, 0.1) is 5.69 Å². The Morgan fingerprint density at radius 2 is 2.00 bits per heavy atom. The molecule has 0 bridgehead atoms. The zero-order valence-electron chi connectivity index (χ0n) is 17.7. The normalized spacial score (nSPS) is 19.7. The molecule has 3 rings (SSSR count). The third-order valence-electron chi connectivity index (χ3n) is 5.53. The molecule has 1 heterocycles. The molecule has 28 heavy (non-hydrogen) atoms. The molecule has 1 saturated carbocycles. The van der Waals surface area contributed by atoms with Gasteiger partial charge >= 0.3 is 0 Å². The lowest BCUT2D eigenvalue weighted by Gasteiger charge is -2.18. The van der Waals surface area contributed by atoms with Crippen LogP contribution in [0.3, 0.4) is 0 Å².